The zero-order valence-electron chi connectivity index (χ0n) is 24.0. The third-order valence-electron chi connectivity index (χ3n) is 7.68. The molecule has 0 atom stereocenters. The van der Waals surface area contributed by atoms with Crippen molar-refractivity contribution in [2.24, 2.45) is 7.05 Å². The smallest absolute Gasteiger partial charge is 0.275 e. The van der Waals surface area contributed by atoms with E-state index in [1.807, 2.05) is 42.2 Å². The Morgan fingerprint density at radius 3 is 2.56 bits per heavy atom. The van der Waals surface area contributed by atoms with Gasteiger partial charge in [0, 0.05) is 37.4 Å². The summed E-state index contributed by atoms with van der Waals surface area (Å²) >= 11 is 0. The number of ether oxygens (including phenoxy) is 1. The molecular weight excluding hydrogens is 570 g/mol. The van der Waals surface area contributed by atoms with Gasteiger partial charge in [0.25, 0.3) is 11.5 Å². The fraction of sp³-hybridized carbons (Fsp3) is 0.267. The number of carbonyl (C=O) groups is 1. The minimum absolute atomic E-state index is 0.181. The van der Waals surface area contributed by atoms with Crippen LogP contribution in [0.4, 0.5) is 28.7 Å². The number of amides is 1. The first-order chi connectivity index (χ1) is 20.5. The summed E-state index contributed by atoms with van der Waals surface area (Å²) in [7, 11) is -1.51. The molecule has 1 amide bonds. The number of fused-ring (bicyclic) bond motifs is 2. The molecule has 2 aliphatic heterocycles. The van der Waals surface area contributed by atoms with Crippen molar-refractivity contribution in [2.75, 3.05) is 47.6 Å². The van der Waals surface area contributed by atoms with Gasteiger partial charge >= 0.3 is 0 Å². The van der Waals surface area contributed by atoms with Gasteiger partial charge in [-0.05, 0) is 55.0 Å². The highest BCUT2D eigenvalue weighted by Gasteiger charge is 2.34. The number of benzene rings is 2. The van der Waals surface area contributed by atoms with Crippen molar-refractivity contribution in [3.8, 4) is 5.75 Å². The number of carbonyl (C=O) groups excluding carboxylic acids is 1. The number of pyridine rings is 1. The van der Waals surface area contributed by atoms with Crippen LogP contribution in [0.5, 0.6) is 5.75 Å². The lowest BCUT2D eigenvalue weighted by molar-refractivity contribution is -0.114. The zero-order chi connectivity index (χ0) is 30.5. The fourth-order valence-corrected chi connectivity index (χ4v) is 6.27. The summed E-state index contributed by atoms with van der Waals surface area (Å²) < 4.78 is 31.8. The van der Waals surface area contributed by atoms with Crippen LogP contribution in [-0.2, 0) is 21.9 Å². The predicted octanol–water partition coefficient (Wildman–Crippen LogP) is 3.07. The first-order valence-corrected chi connectivity index (χ1v) is 15.5. The van der Waals surface area contributed by atoms with E-state index in [-0.39, 0.29) is 17.6 Å². The number of hydrogen-bond donors (Lipinski definition) is 1. The van der Waals surface area contributed by atoms with Crippen LogP contribution in [0, 0.1) is 6.92 Å². The molecule has 0 unspecified atom stereocenters. The molecule has 1 fully saturated rings. The molecule has 0 spiro atoms. The van der Waals surface area contributed by atoms with Gasteiger partial charge in [-0.3, -0.25) is 14.2 Å². The highest BCUT2D eigenvalue weighted by molar-refractivity contribution is 7.88. The van der Waals surface area contributed by atoms with Gasteiger partial charge in [0.05, 0.1) is 30.7 Å². The molecule has 222 valence electrons. The number of anilines is 5. The average molecular weight is 602 g/mol. The van der Waals surface area contributed by atoms with Gasteiger partial charge in [-0.25, -0.2) is 13.4 Å². The molecule has 43 heavy (non-hydrogen) atoms. The van der Waals surface area contributed by atoms with E-state index in [9.17, 15) is 18.0 Å². The van der Waals surface area contributed by atoms with E-state index in [0.717, 1.165) is 22.6 Å². The minimum Gasteiger partial charge on any atom is -0.488 e. The number of aryl methyl sites for hydroxylation is 2. The van der Waals surface area contributed by atoms with Crippen LogP contribution in [0.25, 0.3) is 11.0 Å². The largest absolute Gasteiger partial charge is 0.488 e. The summed E-state index contributed by atoms with van der Waals surface area (Å²) in [4.78, 5) is 38.9. The van der Waals surface area contributed by atoms with Crippen LogP contribution in [0.15, 0.2) is 72.2 Å². The van der Waals surface area contributed by atoms with E-state index in [2.05, 4.69) is 21.9 Å². The number of aromatic nitrogens is 3. The Kier molecular flexibility index (Phi) is 7.14. The predicted molar refractivity (Wildman–Crippen MR) is 166 cm³/mol. The Balaban J connectivity index is 1.23. The molecule has 0 bridgehead atoms. The second-order valence-electron chi connectivity index (χ2n) is 10.6. The molecule has 0 radical (unpaired) electrons. The quantitative estimate of drug-likeness (QED) is 0.318. The highest BCUT2D eigenvalue weighted by atomic mass is 32.2. The van der Waals surface area contributed by atoms with Crippen molar-refractivity contribution < 1.29 is 17.9 Å². The Bertz CT molecular complexity index is 1920. The summed E-state index contributed by atoms with van der Waals surface area (Å²) in [6.07, 6.45) is 3.98. The number of para-hydroxylation sites is 1. The van der Waals surface area contributed by atoms with Crippen molar-refractivity contribution in [3.63, 3.8) is 0 Å². The van der Waals surface area contributed by atoms with Crippen LogP contribution < -0.4 is 25.4 Å². The van der Waals surface area contributed by atoms with Gasteiger partial charge < -0.3 is 19.9 Å². The SMILES string of the molecule is C=CC(=O)N1CCN(c2cc3cnc(Nc4ccc(OC5CN(S(C)(=O)=O)C5)cc4)nc3n(C)c2=O)c2cccc(C)c21. The minimum atomic E-state index is -3.19. The lowest BCUT2D eigenvalue weighted by atomic mass is 10.1. The summed E-state index contributed by atoms with van der Waals surface area (Å²) in [5.41, 5.74) is 3.90. The lowest BCUT2D eigenvalue weighted by Crippen LogP contribution is -2.55. The maximum atomic E-state index is 13.6. The molecule has 0 aliphatic carbocycles. The van der Waals surface area contributed by atoms with E-state index in [0.29, 0.717) is 54.6 Å². The molecule has 6 rings (SSSR count). The standard InChI is InChI=1S/C30H31N7O5S/c1-5-26(38)37-14-13-36(24-8-6-7-19(2)27(24)37)25-15-20-16-31-30(33-28(20)34(3)29(25)39)32-21-9-11-22(12-10-21)42-23-17-35(18-23)43(4,40)41/h5-12,15-16,23H,1,13-14,17-18H2,2-4H3,(H,31,32,33). The van der Waals surface area contributed by atoms with E-state index in [4.69, 9.17) is 4.74 Å². The molecule has 2 aliphatic rings. The normalized spacial score (nSPS) is 15.6. The Morgan fingerprint density at radius 1 is 1.12 bits per heavy atom. The van der Waals surface area contributed by atoms with Gasteiger partial charge in [-0.1, -0.05) is 18.7 Å². The van der Waals surface area contributed by atoms with Crippen molar-refractivity contribution in [2.45, 2.75) is 13.0 Å². The maximum Gasteiger partial charge on any atom is 0.275 e. The first-order valence-electron chi connectivity index (χ1n) is 13.7. The summed E-state index contributed by atoms with van der Waals surface area (Å²) in [5, 5.41) is 3.85. The molecule has 0 saturated carbocycles. The summed E-state index contributed by atoms with van der Waals surface area (Å²) in [6.45, 7) is 7.09. The van der Waals surface area contributed by atoms with Gasteiger partial charge in [0.15, 0.2) is 0 Å². The zero-order valence-corrected chi connectivity index (χ0v) is 24.8. The first kappa shape index (κ1) is 28.4. The van der Waals surface area contributed by atoms with Gasteiger partial charge in [-0.15, -0.1) is 0 Å². The van der Waals surface area contributed by atoms with Crippen molar-refractivity contribution in [1.29, 1.82) is 0 Å². The Morgan fingerprint density at radius 2 is 1.86 bits per heavy atom. The average Bonchev–Trinajstić information content (AvgIpc) is 2.96. The van der Waals surface area contributed by atoms with E-state index in [1.165, 1.54) is 21.2 Å². The third kappa shape index (κ3) is 5.32. The van der Waals surface area contributed by atoms with Crippen LogP contribution >= 0.6 is 0 Å². The molecule has 4 aromatic rings. The molecule has 4 heterocycles. The molecule has 12 nitrogen and oxygen atoms in total. The van der Waals surface area contributed by atoms with Crippen LogP contribution in [0.2, 0.25) is 0 Å². The van der Waals surface area contributed by atoms with E-state index >= 15 is 0 Å². The van der Waals surface area contributed by atoms with Gasteiger partial charge in [0.1, 0.15) is 23.2 Å². The second-order valence-corrected chi connectivity index (χ2v) is 12.6. The molecular formula is C30H31N7O5S. The molecule has 2 aromatic heterocycles. The molecule has 13 heteroatoms. The fourth-order valence-electron chi connectivity index (χ4n) is 5.39. The van der Waals surface area contributed by atoms with Gasteiger partial charge in [-0.2, -0.15) is 9.29 Å². The number of hydrogen-bond acceptors (Lipinski definition) is 9. The monoisotopic (exact) mass is 601 g/mol. The highest BCUT2D eigenvalue weighted by Crippen LogP contribution is 2.39. The number of sulfonamides is 1. The molecule has 1 saturated heterocycles. The molecule has 2 aromatic carbocycles. The van der Waals surface area contributed by atoms with Crippen molar-refractivity contribution in [1.82, 2.24) is 18.8 Å². The van der Waals surface area contributed by atoms with E-state index < -0.39 is 10.0 Å². The number of rotatable bonds is 7. The lowest BCUT2D eigenvalue weighted by Gasteiger charge is -2.38. The van der Waals surface area contributed by atoms with Gasteiger partial charge in [0.2, 0.25) is 16.0 Å². The number of nitrogens with zero attached hydrogens (tertiary/aromatic N) is 6. The van der Waals surface area contributed by atoms with Crippen LogP contribution in [-0.4, -0.2) is 71.7 Å². The summed E-state index contributed by atoms with van der Waals surface area (Å²) in [6, 6.07) is 14.8. The third-order valence-corrected chi connectivity index (χ3v) is 8.92. The van der Waals surface area contributed by atoms with Crippen molar-refractivity contribution >= 4 is 55.7 Å². The molecule has 1 N–H and O–H groups in total. The van der Waals surface area contributed by atoms with Crippen LogP contribution in [0.1, 0.15) is 5.56 Å². The van der Waals surface area contributed by atoms with E-state index in [1.54, 1.807) is 36.3 Å². The topological polar surface area (TPSA) is 130 Å². The number of nitrogens with one attached hydrogen (secondary N) is 1. The Labute approximate surface area is 248 Å². The maximum absolute atomic E-state index is 13.6. The Hall–Kier alpha value is -4.75. The second kappa shape index (κ2) is 10.8. The van der Waals surface area contributed by atoms with Crippen molar-refractivity contribution in [3.05, 3.63) is 83.3 Å². The van der Waals surface area contributed by atoms with Crippen LogP contribution in [0.3, 0.4) is 0 Å². The summed E-state index contributed by atoms with van der Waals surface area (Å²) in [5.74, 6) is 0.769.